The van der Waals surface area contributed by atoms with Crippen LogP contribution in [0.3, 0.4) is 0 Å². The van der Waals surface area contributed by atoms with Crippen molar-refractivity contribution in [1.29, 1.82) is 0 Å². The molecule has 0 bridgehead atoms. The molecule has 1 aromatic heterocycles. The van der Waals surface area contributed by atoms with Gasteiger partial charge in [0.1, 0.15) is 6.04 Å². The topological polar surface area (TPSA) is 48.9 Å². The summed E-state index contributed by atoms with van der Waals surface area (Å²) in [4.78, 5) is 11.3. The molecule has 4 nitrogen and oxygen atoms in total. The minimum atomic E-state index is -0.151. The average molecular weight is 222 g/mol. The molecular formula is C12H18N2O2. The van der Waals surface area contributed by atoms with Gasteiger partial charge in [0, 0.05) is 13.8 Å². The molecule has 1 aromatic rings. The van der Waals surface area contributed by atoms with Crippen LogP contribution in [0.5, 0.6) is 0 Å². The molecule has 16 heavy (non-hydrogen) atoms. The molecule has 1 heterocycles. The molecule has 0 saturated heterocycles. The standard InChI is InChI=1S/C12H18N2O2/c1-9-12(10(2)15)14(16)8-13(9)11-6-4-3-5-7-11/h8,11H,3-7H2,1-2H3. The molecule has 0 spiro atoms. The van der Waals surface area contributed by atoms with Crippen LogP contribution in [-0.4, -0.2) is 10.4 Å². The molecule has 0 aromatic carbocycles. The van der Waals surface area contributed by atoms with E-state index in [4.69, 9.17) is 0 Å². The maximum atomic E-state index is 11.6. The molecule has 0 N–H and O–H groups in total. The van der Waals surface area contributed by atoms with Crippen LogP contribution in [0.2, 0.25) is 0 Å². The number of carbonyl (C=O) groups excluding carboxylic acids is 1. The van der Waals surface area contributed by atoms with Crippen LogP contribution in [0.25, 0.3) is 0 Å². The van der Waals surface area contributed by atoms with Crippen LogP contribution >= 0.6 is 0 Å². The average Bonchev–Trinajstić information content (AvgIpc) is 2.55. The molecule has 4 heteroatoms. The largest absolute Gasteiger partial charge is 0.710 e. The van der Waals surface area contributed by atoms with Crippen molar-refractivity contribution in [2.24, 2.45) is 0 Å². The van der Waals surface area contributed by atoms with Gasteiger partial charge in [-0.2, -0.15) is 0 Å². The van der Waals surface area contributed by atoms with E-state index in [0.717, 1.165) is 18.5 Å². The molecule has 2 rings (SSSR count). The lowest BCUT2D eigenvalue weighted by Crippen LogP contribution is -2.30. The van der Waals surface area contributed by atoms with Gasteiger partial charge in [-0.1, -0.05) is 6.42 Å². The number of aromatic nitrogens is 2. The highest BCUT2D eigenvalue weighted by Crippen LogP contribution is 2.29. The first-order valence-electron chi connectivity index (χ1n) is 5.93. The lowest BCUT2D eigenvalue weighted by molar-refractivity contribution is -0.607. The third-order valence-electron chi connectivity index (χ3n) is 3.48. The van der Waals surface area contributed by atoms with E-state index in [2.05, 4.69) is 0 Å². The molecular weight excluding hydrogens is 204 g/mol. The van der Waals surface area contributed by atoms with E-state index in [1.54, 1.807) is 0 Å². The lowest BCUT2D eigenvalue weighted by Gasteiger charge is -2.19. The lowest BCUT2D eigenvalue weighted by atomic mass is 9.95. The first-order valence-corrected chi connectivity index (χ1v) is 5.93. The van der Waals surface area contributed by atoms with Crippen molar-refractivity contribution in [1.82, 2.24) is 4.57 Å². The fraction of sp³-hybridized carbons (Fsp3) is 0.667. The van der Waals surface area contributed by atoms with Crippen LogP contribution in [0.15, 0.2) is 6.33 Å². The van der Waals surface area contributed by atoms with Crippen LogP contribution in [0.1, 0.15) is 61.3 Å². The molecule has 1 fully saturated rings. The number of imidazole rings is 1. The molecule has 0 unspecified atom stereocenters. The first kappa shape index (κ1) is 11.2. The summed E-state index contributed by atoms with van der Waals surface area (Å²) in [6.45, 7) is 3.31. The highest BCUT2D eigenvalue weighted by molar-refractivity contribution is 5.91. The number of nitrogens with zero attached hydrogens (tertiary/aromatic N) is 2. The van der Waals surface area contributed by atoms with Crippen molar-refractivity contribution in [3.05, 3.63) is 22.9 Å². The third kappa shape index (κ3) is 1.84. The molecule has 0 atom stereocenters. The summed E-state index contributed by atoms with van der Waals surface area (Å²) >= 11 is 0. The van der Waals surface area contributed by atoms with E-state index in [1.807, 2.05) is 11.5 Å². The Balaban J connectivity index is 2.34. The first-order chi connectivity index (χ1) is 7.61. The van der Waals surface area contributed by atoms with Gasteiger partial charge in [0.05, 0.1) is 0 Å². The Morgan fingerprint density at radius 3 is 2.56 bits per heavy atom. The summed E-state index contributed by atoms with van der Waals surface area (Å²) in [5.41, 5.74) is 1.11. The Morgan fingerprint density at radius 1 is 1.44 bits per heavy atom. The maximum Gasteiger partial charge on any atom is 0.247 e. The number of ketones is 1. The summed E-state index contributed by atoms with van der Waals surface area (Å²) in [6, 6.07) is 0.405. The minimum absolute atomic E-state index is 0.151. The predicted octanol–water partition coefficient (Wildman–Crippen LogP) is 2.14. The Kier molecular flexibility index (Phi) is 2.99. The number of carbonyl (C=O) groups is 1. The zero-order valence-electron chi connectivity index (χ0n) is 9.90. The summed E-state index contributed by atoms with van der Waals surface area (Å²) in [5.74, 6) is -0.151. The molecule has 88 valence electrons. The summed E-state index contributed by atoms with van der Waals surface area (Å²) in [6.07, 6.45) is 7.49. The van der Waals surface area contributed by atoms with E-state index < -0.39 is 0 Å². The van der Waals surface area contributed by atoms with Crippen molar-refractivity contribution < 1.29 is 9.52 Å². The van der Waals surface area contributed by atoms with Gasteiger partial charge in [-0.15, -0.1) is 0 Å². The molecule has 1 saturated carbocycles. The van der Waals surface area contributed by atoms with E-state index in [9.17, 15) is 10.0 Å². The van der Waals surface area contributed by atoms with Gasteiger partial charge in [0.2, 0.25) is 17.8 Å². The monoisotopic (exact) mass is 222 g/mol. The van der Waals surface area contributed by atoms with Gasteiger partial charge in [0.15, 0.2) is 5.69 Å². The van der Waals surface area contributed by atoms with E-state index in [-0.39, 0.29) is 5.78 Å². The second kappa shape index (κ2) is 4.28. The second-order valence-corrected chi connectivity index (χ2v) is 4.63. The number of hydrogen-bond acceptors (Lipinski definition) is 2. The number of rotatable bonds is 2. The van der Waals surface area contributed by atoms with Gasteiger partial charge in [-0.3, -0.25) is 4.79 Å². The van der Waals surface area contributed by atoms with E-state index >= 15 is 0 Å². The van der Waals surface area contributed by atoms with Gasteiger partial charge in [0.25, 0.3) is 0 Å². The van der Waals surface area contributed by atoms with Crippen LogP contribution in [0, 0.1) is 12.1 Å². The van der Waals surface area contributed by atoms with Crippen LogP contribution in [0.4, 0.5) is 0 Å². The van der Waals surface area contributed by atoms with Crippen molar-refractivity contribution in [2.75, 3.05) is 0 Å². The maximum absolute atomic E-state index is 11.6. The Hall–Kier alpha value is -1.32. The number of Topliss-reactive ketones (excluding diaryl/α,β-unsaturated/α-hetero) is 1. The van der Waals surface area contributed by atoms with Crippen molar-refractivity contribution in [2.45, 2.75) is 52.0 Å². The number of hydrogen-bond donors (Lipinski definition) is 0. The molecule has 0 amide bonds. The zero-order chi connectivity index (χ0) is 11.7. The highest BCUT2D eigenvalue weighted by Gasteiger charge is 2.26. The fourth-order valence-corrected chi connectivity index (χ4v) is 2.68. The van der Waals surface area contributed by atoms with Crippen molar-refractivity contribution >= 4 is 5.78 Å². The van der Waals surface area contributed by atoms with E-state index in [0.29, 0.717) is 16.5 Å². The summed E-state index contributed by atoms with van der Waals surface area (Å²) < 4.78 is 2.70. The molecule has 0 radical (unpaired) electrons. The minimum Gasteiger partial charge on any atom is -0.710 e. The molecule has 0 aliphatic heterocycles. The van der Waals surface area contributed by atoms with Crippen molar-refractivity contribution in [3.8, 4) is 0 Å². The summed E-state index contributed by atoms with van der Waals surface area (Å²) in [5, 5.41) is 11.6. The Bertz CT molecular complexity index is 403. The third-order valence-corrected chi connectivity index (χ3v) is 3.48. The SMILES string of the molecule is CC(=O)c1c(C)n(C2CCCCC2)c[n+]1[O-]. The Morgan fingerprint density at radius 2 is 2.06 bits per heavy atom. The van der Waals surface area contributed by atoms with Gasteiger partial charge in [-0.05, 0) is 25.7 Å². The van der Waals surface area contributed by atoms with Gasteiger partial charge >= 0.3 is 0 Å². The quantitative estimate of drug-likeness (QED) is 0.437. The predicted molar refractivity (Wildman–Crippen MR) is 60.3 cm³/mol. The van der Waals surface area contributed by atoms with Crippen LogP contribution in [-0.2, 0) is 0 Å². The van der Waals surface area contributed by atoms with Gasteiger partial charge < -0.3 is 5.21 Å². The smallest absolute Gasteiger partial charge is 0.247 e. The normalized spacial score (nSPS) is 17.6. The second-order valence-electron chi connectivity index (χ2n) is 4.63. The van der Waals surface area contributed by atoms with E-state index in [1.165, 1.54) is 32.5 Å². The zero-order valence-corrected chi connectivity index (χ0v) is 9.90. The van der Waals surface area contributed by atoms with Crippen LogP contribution < -0.4 is 4.73 Å². The molecule has 1 aliphatic rings. The van der Waals surface area contributed by atoms with Crippen molar-refractivity contribution in [3.63, 3.8) is 0 Å². The summed E-state index contributed by atoms with van der Waals surface area (Å²) in [7, 11) is 0. The highest BCUT2D eigenvalue weighted by atomic mass is 16.5. The molecule has 1 aliphatic carbocycles. The van der Waals surface area contributed by atoms with Gasteiger partial charge in [-0.25, -0.2) is 9.30 Å². The Labute approximate surface area is 95.5 Å². The fourth-order valence-electron chi connectivity index (χ4n) is 2.68.